The molecule has 2 aromatic carbocycles. The summed E-state index contributed by atoms with van der Waals surface area (Å²) in [7, 11) is 1.73. The van der Waals surface area contributed by atoms with E-state index in [1.54, 1.807) is 7.11 Å². The number of methoxy groups -OCH3 is 1. The van der Waals surface area contributed by atoms with Gasteiger partial charge in [-0.1, -0.05) is 81.4 Å². The van der Waals surface area contributed by atoms with E-state index in [0.717, 1.165) is 49.6 Å². The molecule has 0 fully saturated rings. The summed E-state index contributed by atoms with van der Waals surface area (Å²) in [6.07, 6.45) is 8.49. The van der Waals surface area contributed by atoms with E-state index in [0.29, 0.717) is 5.89 Å². The zero-order chi connectivity index (χ0) is 22.6. The monoisotopic (exact) mass is 435 g/mol. The van der Waals surface area contributed by atoms with Crippen molar-refractivity contribution in [2.24, 2.45) is 0 Å². The molecule has 172 valence electrons. The van der Waals surface area contributed by atoms with Gasteiger partial charge in [-0.15, -0.1) is 0 Å². The zero-order valence-electron chi connectivity index (χ0n) is 19.8. The zero-order valence-corrected chi connectivity index (χ0v) is 19.8. The number of benzene rings is 2. The van der Waals surface area contributed by atoms with Crippen molar-refractivity contribution in [1.82, 2.24) is 15.0 Å². The molecule has 1 heterocycles. The van der Waals surface area contributed by atoms with E-state index in [1.807, 2.05) is 12.1 Å². The first-order chi connectivity index (χ1) is 15.7. The van der Waals surface area contributed by atoms with Crippen LogP contribution in [0.1, 0.15) is 69.3 Å². The van der Waals surface area contributed by atoms with Crippen LogP contribution in [-0.2, 0) is 19.5 Å². The van der Waals surface area contributed by atoms with Crippen LogP contribution in [0.4, 0.5) is 0 Å². The van der Waals surface area contributed by atoms with E-state index in [4.69, 9.17) is 9.26 Å². The van der Waals surface area contributed by atoms with Gasteiger partial charge < -0.3 is 9.26 Å². The maximum atomic E-state index is 5.51. The van der Waals surface area contributed by atoms with Gasteiger partial charge in [0.05, 0.1) is 7.11 Å². The number of aromatic nitrogens is 2. The van der Waals surface area contributed by atoms with Gasteiger partial charge in [-0.25, -0.2) is 0 Å². The highest BCUT2D eigenvalue weighted by molar-refractivity contribution is 5.53. The van der Waals surface area contributed by atoms with Crippen LogP contribution >= 0.6 is 0 Å². The van der Waals surface area contributed by atoms with Crippen LogP contribution in [0.25, 0.3) is 11.5 Å². The predicted molar refractivity (Wildman–Crippen MR) is 130 cm³/mol. The first-order valence-corrected chi connectivity index (χ1v) is 12.0. The largest absolute Gasteiger partial charge is 0.496 e. The third-order valence-electron chi connectivity index (χ3n) is 5.86. The Kier molecular flexibility index (Phi) is 9.76. The van der Waals surface area contributed by atoms with E-state index < -0.39 is 0 Å². The predicted octanol–water partition coefficient (Wildman–Crippen LogP) is 6.67. The Hall–Kier alpha value is -2.66. The van der Waals surface area contributed by atoms with Crippen molar-refractivity contribution in [3.8, 4) is 17.2 Å². The fraction of sp³-hybridized carbons (Fsp3) is 0.481. The molecule has 0 N–H and O–H groups in total. The Balaban J connectivity index is 1.52. The van der Waals surface area contributed by atoms with E-state index >= 15 is 0 Å². The molecule has 0 aliphatic heterocycles. The van der Waals surface area contributed by atoms with Gasteiger partial charge in [-0.3, -0.25) is 4.90 Å². The van der Waals surface area contributed by atoms with Crippen molar-refractivity contribution in [1.29, 1.82) is 0 Å². The molecule has 0 bridgehead atoms. The topological polar surface area (TPSA) is 51.4 Å². The van der Waals surface area contributed by atoms with Crippen molar-refractivity contribution >= 4 is 0 Å². The fourth-order valence-electron chi connectivity index (χ4n) is 3.90. The number of ether oxygens (including phenoxy) is 1. The Morgan fingerprint density at radius 1 is 0.875 bits per heavy atom. The van der Waals surface area contributed by atoms with Crippen LogP contribution in [0, 0.1) is 0 Å². The fourth-order valence-corrected chi connectivity index (χ4v) is 3.90. The van der Waals surface area contributed by atoms with Gasteiger partial charge >= 0.3 is 0 Å². The lowest BCUT2D eigenvalue weighted by atomic mass is 10.1. The number of hydrogen-bond donors (Lipinski definition) is 0. The first-order valence-electron chi connectivity index (χ1n) is 12.0. The van der Waals surface area contributed by atoms with Crippen molar-refractivity contribution in [3.05, 3.63) is 65.5 Å². The van der Waals surface area contributed by atoms with Crippen molar-refractivity contribution in [2.75, 3.05) is 13.7 Å². The third kappa shape index (κ3) is 7.20. The SMILES string of the molecule is CCCCCCCCc1noc(-c2ccc(CN(CC)Cc3ccccc3OC)cc2)n1. The van der Waals surface area contributed by atoms with Crippen molar-refractivity contribution in [2.45, 2.75) is 71.9 Å². The number of aryl methyl sites for hydroxylation is 1. The molecule has 0 aliphatic carbocycles. The van der Waals surface area contributed by atoms with Crippen LogP contribution < -0.4 is 4.74 Å². The number of nitrogens with zero attached hydrogens (tertiary/aromatic N) is 3. The molecule has 0 aliphatic rings. The van der Waals surface area contributed by atoms with Crippen LogP contribution in [0.3, 0.4) is 0 Å². The molecular formula is C27H37N3O2. The van der Waals surface area contributed by atoms with Crippen molar-refractivity contribution < 1.29 is 9.26 Å². The summed E-state index contributed by atoms with van der Waals surface area (Å²) in [5.41, 5.74) is 3.44. The minimum Gasteiger partial charge on any atom is -0.496 e. The average molecular weight is 436 g/mol. The Morgan fingerprint density at radius 3 is 2.38 bits per heavy atom. The highest BCUT2D eigenvalue weighted by Gasteiger charge is 2.11. The molecule has 5 heteroatoms. The maximum Gasteiger partial charge on any atom is 0.257 e. The van der Waals surface area contributed by atoms with E-state index in [-0.39, 0.29) is 0 Å². The molecular weight excluding hydrogens is 398 g/mol. The standard InChI is InChI=1S/C27H37N3O2/c1-4-6-7-8-9-10-15-26-28-27(32-29-26)23-18-16-22(17-19-23)20-30(5-2)21-24-13-11-12-14-25(24)31-3/h11-14,16-19H,4-10,15,20-21H2,1-3H3. The minimum atomic E-state index is 0.610. The maximum absolute atomic E-state index is 5.51. The van der Waals surface area contributed by atoms with Gasteiger partial charge in [0.25, 0.3) is 5.89 Å². The van der Waals surface area contributed by atoms with Gasteiger partial charge in [0, 0.05) is 30.6 Å². The molecule has 1 aromatic heterocycles. The van der Waals surface area contributed by atoms with Crippen LogP contribution in [0.15, 0.2) is 53.1 Å². The second-order valence-electron chi connectivity index (χ2n) is 8.35. The third-order valence-corrected chi connectivity index (χ3v) is 5.86. The average Bonchev–Trinajstić information content (AvgIpc) is 3.30. The van der Waals surface area contributed by atoms with Gasteiger partial charge in [0.2, 0.25) is 0 Å². The van der Waals surface area contributed by atoms with Gasteiger partial charge in [0.1, 0.15) is 5.75 Å². The van der Waals surface area contributed by atoms with Gasteiger partial charge in [-0.2, -0.15) is 4.98 Å². The molecule has 0 atom stereocenters. The molecule has 0 amide bonds. The van der Waals surface area contributed by atoms with E-state index in [1.165, 1.54) is 43.2 Å². The normalized spacial score (nSPS) is 11.2. The first kappa shape index (κ1) is 24.0. The number of unbranched alkanes of at least 4 members (excludes halogenated alkanes) is 5. The molecule has 0 spiro atoms. The minimum absolute atomic E-state index is 0.610. The molecule has 3 rings (SSSR count). The van der Waals surface area contributed by atoms with Crippen LogP contribution in [0.2, 0.25) is 0 Å². The van der Waals surface area contributed by atoms with Crippen LogP contribution in [0.5, 0.6) is 5.75 Å². The lowest BCUT2D eigenvalue weighted by molar-refractivity contribution is 0.266. The molecule has 3 aromatic rings. The summed E-state index contributed by atoms with van der Waals surface area (Å²) in [5.74, 6) is 2.36. The van der Waals surface area contributed by atoms with Gasteiger partial charge in [-0.05, 0) is 36.7 Å². The molecule has 0 saturated heterocycles. The second kappa shape index (κ2) is 13.0. The Morgan fingerprint density at radius 2 is 1.62 bits per heavy atom. The van der Waals surface area contributed by atoms with E-state index in [9.17, 15) is 0 Å². The summed E-state index contributed by atoms with van der Waals surface area (Å²) in [6, 6.07) is 16.7. The Bertz CT molecular complexity index is 921. The lowest BCUT2D eigenvalue weighted by Crippen LogP contribution is -2.22. The molecule has 0 saturated carbocycles. The molecule has 32 heavy (non-hydrogen) atoms. The molecule has 0 unspecified atom stereocenters. The van der Waals surface area contributed by atoms with Crippen LogP contribution in [-0.4, -0.2) is 28.7 Å². The summed E-state index contributed by atoms with van der Waals surface area (Å²) in [6.45, 7) is 7.13. The van der Waals surface area contributed by atoms with Crippen molar-refractivity contribution in [3.63, 3.8) is 0 Å². The lowest BCUT2D eigenvalue weighted by Gasteiger charge is -2.22. The van der Waals surface area contributed by atoms with E-state index in [2.05, 4.69) is 65.3 Å². The summed E-state index contributed by atoms with van der Waals surface area (Å²) in [5, 5.41) is 4.17. The number of para-hydroxylation sites is 1. The smallest absolute Gasteiger partial charge is 0.257 e. The summed E-state index contributed by atoms with van der Waals surface area (Å²) < 4.78 is 11.0. The number of hydrogen-bond acceptors (Lipinski definition) is 5. The molecule has 5 nitrogen and oxygen atoms in total. The van der Waals surface area contributed by atoms with Gasteiger partial charge in [0.15, 0.2) is 5.82 Å². The Labute approximate surface area is 192 Å². The molecule has 0 radical (unpaired) electrons. The summed E-state index contributed by atoms with van der Waals surface area (Å²) >= 11 is 0. The second-order valence-corrected chi connectivity index (χ2v) is 8.35. The highest BCUT2D eigenvalue weighted by Crippen LogP contribution is 2.22. The summed E-state index contributed by atoms with van der Waals surface area (Å²) in [4.78, 5) is 7.00. The quantitative estimate of drug-likeness (QED) is 0.265. The number of rotatable bonds is 14. The highest BCUT2D eigenvalue weighted by atomic mass is 16.5.